The molecule has 1 aromatic heterocycles. The van der Waals surface area contributed by atoms with Crippen molar-refractivity contribution in [2.75, 3.05) is 11.4 Å². The number of benzene rings is 1. The van der Waals surface area contributed by atoms with Crippen LogP contribution in [0.5, 0.6) is 0 Å². The second-order valence-corrected chi connectivity index (χ2v) is 6.13. The summed E-state index contributed by atoms with van der Waals surface area (Å²) < 4.78 is 4.76. The third-order valence-electron chi connectivity index (χ3n) is 4.86. The number of aryl methyl sites for hydroxylation is 2. The highest BCUT2D eigenvalue weighted by molar-refractivity contribution is 6.55. The van der Waals surface area contributed by atoms with Crippen molar-refractivity contribution in [2.45, 2.75) is 32.5 Å². The van der Waals surface area contributed by atoms with Crippen LogP contribution < -0.4 is 9.29 Å². The van der Waals surface area contributed by atoms with E-state index in [1.54, 1.807) is 0 Å². The first-order chi connectivity index (χ1) is 9.77. The van der Waals surface area contributed by atoms with Crippen LogP contribution in [0.25, 0.3) is 11.4 Å². The van der Waals surface area contributed by atoms with Crippen molar-refractivity contribution in [2.24, 2.45) is 7.05 Å². The minimum absolute atomic E-state index is 0.503. The van der Waals surface area contributed by atoms with Gasteiger partial charge in [0.05, 0.1) is 12.6 Å². The van der Waals surface area contributed by atoms with E-state index in [4.69, 9.17) is 0 Å². The van der Waals surface area contributed by atoms with Crippen molar-refractivity contribution in [3.8, 4) is 11.4 Å². The average Bonchev–Trinajstić information content (AvgIpc) is 2.69. The third kappa shape index (κ3) is 1.57. The van der Waals surface area contributed by atoms with Crippen LogP contribution in [0.3, 0.4) is 0 Å². The molecule has 4 heteroatoms. The van der Waals surface area contributed by atoms with E-state index in [1.807, 2.05) is 0 Å². The Morgan fingerprint density at radius 3 is 3.00 bits per heavy atom. The minimum Gasteiger partial charge on any atom is -0.374 e. The molecule has 0 amide bonds. The summed E-state index contributed by atoms with van der Waals surface area (Å²) in [6.45, 7) is 3.92. The second-order valence-electron chi connectivity index (χ2n) is 6.13. The molecule has 1 saturated heterocycles. The van der Waals surface area contributed by atoms with Crippen LogP contribution in [0.4, 0.5) is 5.69 Å². The molecule has 0 saturated carbocycles. The van der Waals surface area contributed by atoms with Gasteiger partial charge >= 0.3 is 6.98 Å². The Morgan fingerprint density at radius 1 is 1.20 bits per heavy atom. The van der Waals surface area contributed by atoms with E-state index in [2.05, 4.69) is 58.4 Å². The molecule has 0 atom stereocenters. The monoisotopic (exact) mass is 266 g/mol. The fourth-order valence-corrected chi connectivity index (χ4v) is 3.88. The third-order valence-corrected chi connectivity index (χ3v) is 4.86. The van der Waals surface area contributed by atoms with E-state index in [-0.39, 0.29) is 0 Å². The number of aromatic nitrogens is 2. The summed E-state index contributed by atoms with van der Waals surface area (Å²) >= 11 is 0. The maximum atomic E-state index is 2.63. The Labute approximate surface area is 121 Å². The van der Waals surface area contributed by atoms with Gasteiger partial charge in [0, 0.05) is 12.2 Å². The largest absolute Gasteiger partial charge is 0.501 e. The lowest BCUT2D eigenvalue weighted by Crippen LogP contribution is -2.64. The van der Waals surface area contributed by atoms with E-state index in [1.165, 1.54) is 54.8 Å². The molecule has 102 valence electrons. The van der Waals surface area contributed by atoms with Gasteiger partial charge < -0.3 is 4.81 Å². The zero-order valence-electron chi connectivity index (χ0n) is 12.3. The van der Waals surface area contributed by atoms with Gasteiger partial charge in [-0.25, -0.2) is 4.57 Å². The summed E-state index contributed by atoms with van der Waals surface area (Å²) in [6, 6.07) is 6.74. The van der Waals surface area contributed by atoms with Crippen molar-refractivity contribution in [3.05, 3.63) is 36.2 Å². The molecule has 0 aliphatic carbocycles. The second kappa shape index (κ2) is 4.40. The number of anilines is 1. The molecular formula is C16H21BN3+. The van der Waals surface area contributed by atoms with Crippen molar-refractivity contribution >= 4 is 12.7 Å². The van der Waals surface area contributed by atoms with E-state index in [9.17, 15) is 0 Å². The lowest BCUT2D eigenvalue weighted by atomic mass is 9.66. The zero-order valence-corrected chi connectivity index (χ0v) is 12.3. The van der Waals surface area contributed by atoms with Crippen LogP contribution in [0.15, 0.2) is 30.6 Å². The van der Waals surface area contributed by atoms with Crippen LogP contribution in [0.2, 0.25) is 6.32 Å². The van der Waals surface area contributed by atoms with Crippen LogP contribution >= 0.6 is 0 Å². The summed E-state index contributed by atoms with van der Waals surface area (Å²) in [5.41, 5.74) is 4.22. The number of hydrogen-bond acceptors (Lipinski definition) is 1. The van der Waals surface area contributed by atoms with Gasteiger partial charge in [0.15, 0.2) is 0 Å². The van der Waals surface area contributed by atoms with Crippen molar-refractivity contribution in [1.82, 2.24) is 4.57 Å². The lowest BCUT2D eigenvalue weighted by Gasteiger charge is -2.33. The normalized spacial score (nSPS) is 17.3. The fourth-order valence-electron chi connectivity index (χ4n) is 3.88. The molecule has 3 heterocycles. The molecule has 2 aliphatic heterocycles. The molecule has 0 radical (unpaired) electrons. The first-order valence-corrected chi connectivity index (χ1v) is 7.70. The molecule has 2 aromatic rings. The summed E-state index contributed by atoms with van der Waals surface area (Å²) in [4.78, 5) is 2.63. The first kappa shape index (κ1) is 12.1. The van der Waals surface area contributed by atoms with E-state index >= 15 is 0 Å². The first-order valence-electron chi connectivity index (χ1n) is 7.70. The topological polar surface area (TPSA) is 12.0 Å². The maximum Gasteiger partial charge on any atom is 0.501 e. The Hall–Kier alpha value is -1.71. The Balaban J connectivity index is 2.00. The van der Waals surface area contributed by atoms with Crippen molar-refractivity contribution in [3.63, 3.8) is 0 Å². The SMILES string of the molecule is Cc1cccc2c1-c1n(C)cc[n+]1B1CCCCCN12. The smallest absolute Gasteiger partial charge is 0.374 e. The summed E-state index contributed by atoms with van der Waals surface area (Å²) in [6.07, 6.45) is 9.72. The van der Waals surface area contributed by atoms with Gasteiger partial charge in [-0.1, -0.05) is 25.0 Å². The molecule has 3 nitrogen and oxygen atoms in total. The maximum absolute atomic E-state index is 2.63. The molecule has 20 heavy (non-hydrogen) atoms. The molecule has 0 N–H and O–H groups in total. The molecule has 1 aromatic carbocycles. The number of imidazole rings is 1. The van der Waals surface area contributed by atoms with Gasteiger partial charge in [0.25, 0.3) is 5.82 Å². The summed E-state index contributed by atoms with van der Waals surface area (Å²) in [5.74, 6) is 1.36. The predicted molar refractivity (Wildman–Crippen MR) is 82.9 cm³/mol. The van der Waals surface area contributed by atoms with Crippen LogP contribution in [-0.2, 0) is 7.05 Å². The molecule has 0 bridgehead atoms. The molecule has 4 rings (SSSR count). The number of hydrogen-bond donors (Lipinski definition) is 0. The summed E-state index contributed by atoms with van der Waals surface area (Å²) in [5, 5.41) is 0. The molecular weight excluding hydrogens is 245 g/mol. The molecule has 0 spiro atoms. The van der Waals surface area contributed by atoms with Crippen molar-refractivity contribution in [1.29, 1.82) is 0 Å². The number of fused-ring (bicyclic) bond motifs is 6. The van der Waals surface area contributed by atoms with Gasteiger partial charge in [-0.3, -0.25) is 4.48 Å². The number of nitrogens with zero attached hydrogens (tertiary/aromatic N) is 3. The standard InChI is InChI=1S/C16H21BN3/c1-13-7-6-8-14-15(13)16-18(2)11-12-20(16)17-9-4-3-5-10-19(14)17/h6-8,11-12H,3-5,9-10H2,1-2H3/q+1. The van der Waals surface area contributed by atoms with Gasteiger partial charge in [0.2, 0.25) is 0 Å². The van der Waals surface area contributed by atoms with Crippen LogP contribution in [-0.4, -0.2) is 18.1 Å². The minimum atomic E-state index is 0.503. The van der Waals surface area contributed by atoms with Gasteiger partial charge in [-0.05, 0) is 31.3 Å². The molecule has 0 unspecified atom stereocenters. The Bertz CT molecular complexity index is 662. The van der Waals surface area contributed by atoms with Crippen molar-refractivity contribution < 1.29 is 4.48 Å². The fraction of sp³-hybridized carbons (Fsp3) is 0.438. The summed E-state index contributed by atoms with van der Waals surface area (Å²) in [7, 11) is 2.16. The predicted octanol–water partition coefficient (Wildman–Crippen LogP) is 2.63. The molecule has 2 aliphatic rings. The van der Waals surface area contributed by atoms with Crippen LogP contribution in [0, 0.1) is 6.92 Å². The zero-order chi connectivity index (χ0) is 13.7. The average molecular weight is 266 g/mol. The van der Waals surface area contributed by atoms with E-state index in [0.717, 1.165) is 0 Å². The quantitative estimate of drug-likeness (QED) is 0.667. The highest BCUT2D eigenvalue weighted by Crippen LogP contribution is 2.37. The van der Waals surface area contributed by atoms with Gasteiger partial charge in [-0.15, -0.1) is 0 Å². The highest BCUT2D eigenvalue weighted by Gasteiger charge is 2.43. The van der Waals surface area contributed by atoms with Gasteiger partial charge in [0.1, 0.15) is 12.4 Å². The molecule has 1 fully saturated rings. The Kier molecular flexibility index (Phi) is 2.66. The Morgan fingerprint density at radius 2 is 2.10 bits per heavy atom. The van der Waals surface area contributed by atoms with Crippen LogP contribution in [0.1, 0.15) is 24.8 Å². The van der Waals surface area contributed by atoms with Gasteiger partial charge in [-0.2, -0.15) is 0 Å². The lowest BCUT2D eigenvalue weighted by molar-refractivity contribution is -0.527. The number of rotatable bonds is 0. The van der Waals surface area contributed by atoms with E-state index < -0.39 is 0 Å². The highest BCUT2D eigenvalue weighted by atomic mass is 15.2. The van der Waals surface area contributed by atoms with E-state index in [0.29, 0.717) is 6.98 Å².